The maximum atomic E-state index is 12.9. The van der Waals surface area contributed by atoms with E-state index in [-0.39, 0.29) is 31.1 Å². The molecule has 1 saturated heterocycles. The van der Waals surface area contributed by atoms with Gasteiger partial charge < -0.3 is 14.6 Å². The summed E-state index contributed by atoms with van der Waals surface area (Å²) in [6.45, 7) is 0.253. The molecule has 0 saturated carbocycles. The molecule has 0 atom stereocenters. The molecule has 2 heterocycles. The van der Waals surface area contributed by atoms with Crippen molar-refractivity contribution in [2.24, 2.45) is 0 Å². The van der Waals surface area contributed by atoms with Crippen molar-refractivity contribution >= 4 is 17.8 Å². The SMILES string of the molecule is O=C(NN1C(=O)CNC1=O)c1cc(=O)c(OCc2ccccc2)cn1Cc1ccccc1. The molecule has 0 unspecified atom stereocenters. The topological polar surface area (TPSA) is 110 Å². The van der Waals surface area contributed by atoms with E-state index in [0.717, 1.165) is 17.2 Å². The summed E-state index contributed by atoms with van der Waals surface area (Å²) in [5.74, 6) is -1.28. The van der Waals surface area contributed by atoms with Crippen LogP contribution in [0.2, 0.25) is 0 Å². The number of rotatable bonds is 7. The number of nitrogens with zero attached hydrogens (tertiary/aromatic N) is 2. The second kappa shape index (κ2) is 9.17. The quantitative estimate of drug-likeness (QED) is 0.552. The zero-order valence-electron chi connectivity index (χ0n) is 17.0. The average molecular weight is 432 g/mol. The van der Waals surface area contributed by atoms with Crippen LogP contribution in [0.3, 0.4) is 0 Å². The predicted molar refractivity (Wildman–Crippen MR) is 115 cm³/mol. The fraction of sp³-hybridized carbons (Fsp3) is 0.130. The van der Waals surface area contributed by atoms with Crippen molar-refractivity contribution in [1.29, 1.82) is 0 Å². The number of aromatic nitrogens is 1. The number of pyridine rings is 1. The van der Waals surface area contributed by atoms with Crippen molar-refractivity contribution < 1.29 is 19.1 Å². The maximum absolute atomic E-state index is 12.9. The highest BCUT2D eigenvalue weighted by Crippen LogP contribution is 2.13. The van der Waals surface area contributed by atoms with Crippen LogP contribution in [0.15, 0.2) is 77.7 Å². The lowest BCUT2D eigenvalue weighted by molar-refractivity contribution is -0.126. The van der Waals surface area contributed by atoms with Crippen LogP contribution in [0.4, 0.5) is 4.79 Å². The number of ether oxygens (including phenoxy) is 1. The monoisotopic (exact) mass is 432 g/mol. The molecule has 1 fully saturated rings. The van der Waals surface area contributed by atoms with Gasteiger partial charge in [-0.25, -0.2) is 4.79 Å². The summed E-state index contributed by atoms with van der Waals surface area (Å²) in [7, 11) is 0. The number of benzene rings is 2. The van der Waals surface area contributed by atoms with Crippen molar-refractivity contribution in [3.8, 4) is 5.75 Å². The number of nitrogens with one attached hydrogen (secondary N) is 2. The molecule has 1 aliphatic heterocycles. The molecule has 4 amide bonds. The van der Waals surface area contributed by atoms with Gasteiger partial charge in [0.15, 0.2) is 5.75 Å². The fourth-order valence-corrected chi connectivity index (χ4v) is 3.20. The molecule has 32 heavy (non-hydrogen) atoms. The van der Waals surface area contributed by atoms with Crippen LogP contribution in [0.25, 0.3) is 0 Å². The number of carbonyl (C=O) groups is 3. The Morgan fingerprint density at radius 3 is 2.25 bits per heavy atom. The zero-order chi connectivity index (χ0) is 22.5. The summed E-state index contributed by atoms with van der Waals surface area (Å²) in [6, 6.07) is 19.1. The first-order valence-corrected chi connectivity index (χ1v) is 9.88. The minimum Gasteiger partial charge on any atom is -0.483 e. The average Bonchev–Trinajstić information content (AvgIpc) is 3.12. The molecule has 1 aliphatic rings. The highest BCUT2D eigenvalue weighted by molar-refractivity contribution is 6.05. The summed E-state index contributed by atoms with van der Waals surface area (Å²) < 4.78 is 7.26. The van der Waals surface area contributed by atoms with Gasteiger partial charge in [0.1, 0.15) is 18.8 Å². The summed E-state index contributed by atoms with van der Waals surface area (Å²) in [4.78, 5) is 49.1. The lowest BCUT2D eigenvalue weighted by atomic mass is 10.2. The number of hydrogen-bond donors (Lipinski definition) is 2. The van der Waals surface area contributed by atoms with E-state index in [9.17, 15) is 19.2 Å². The molecular weight excluding hydrogens is 412 g/mol. The van der Waals surface area contributed by atoms with E-state index >= 15 is 0 Å². The highest BCUT2D eigenvalue weighted by atomic mass is 16.5. The Bertz CT molecular complexity index is 1190. The maximum Gasteiger partial charge on any atom is 0.343 e. The van der Waals surface area contributed by atoms with Crippen LogP contribution in [0, 0.1) is 0 Å². The number of urea groups is 1. The normalized spacial score (nSPS) is 13.1. The number of hydrogen-bond acceptors (Lipinski definition) is 5. The molecule has 3 aromatic rings. The van der Waals surface area contributed by atoms with Crippen molar-refractivity contribution in [3.63, 3.8) is 0 Å². The number of hydrazine groups is 1. The molecule has 0 radical (unpaired) electrons. The van der Waals surface area contributed by atoms with E-state index in [4.69, 9.17) is 4.74 Å². The Balaban J connectivity index is 1.64. The van der Waals surface area contributed by atoms with Gasteiger partial charge in [-0.05, 0) is 11.1 Å². The van der Waals surface area contributed by atoms with Gasteiger partial charge in [-0.15, -0.1) is 0 Å². The molecule has 9 heteroatoms. The summed E-state index contributed by atoms with van der Waals surface area (Å²) in [5.41, 5.74) is 3.52. The van der Waals surface area contributed by atoms with Crippen molar-refractivity contribution in [2.45, 2.75) is 13.2 Å². The molecule has 9 nitrogen and oxygen atoms in total. The second-order valence-electron chi connectivity index (χ2n) is 7.10. The van der Waals surface area contributed by atoms with Crippen molar-refractivity contribution in [3.05, 3.63) is 100.0 Å². The van der Waals surface area contributed by atoms with Crippen molar-refractivity contribution in [1.82, 2.24) is 20.3 Å². The van der Waals surface area contributed by atoms with Crippen LogP contribution in [0.5, 0.6) is 5.75 Å². The minimum absolute atomic E-state index is 0.0154. The summed E-state index contributed by atoms with van der Waals surface area (Å²) >= 11 is 0. The molecule has 4 rings (SSSR count). The molecule has 0 spiro atoms. The Kier molecular flexibility index (Phi) is 5.98. The number of amides is 4. The Hall–Kier alpha value is -4.40. The Morgan fingerprint density at radius 2 is 1.62 bits per heavy atom. The van der Waals surface area contributed by atoms with Crippen LogP contribution >= 0.6 is 0 Å². The predicted octanol–water partition coefficient (Wildman–Crippen LogP) is 1.67. The van der Waals surface area contributed by atoms with E-state index < -0.39 is 23.3 Å². The largest absolute Gasteiger partial charge is 0.483 e. The lowest BCUT2D eigenvalue weighted by Crippen LogP contribution is -2.47. The van der Waals surface area contributed by atoms with Gasteiger partial charge in [0.05, 0.1) is 6.20 Å². The molecule has 0 bridgehead atoms. The van der Waals surface area contributed by atoms with E-state index in [1.54, 1.807) is 4.57 Å². The van der Waals surface area contributed by atoms with Gasteiger partial charge in [-0.1, -0.05) is 60.7 Å². The van der Waals surface area contributed by atoms with Gasteiger partial charge in [0.25, 0.3) is 11.8 Å². The first-order chi connectivity index (χ1) is 15.5. The minimum atomic E-state index is -0.766. The van der Waals surface area contributed by atoms with E-state index in [1.165, 1.54) is 6.20 Å². The van der Waals surface area contributed by atoms with Crippen LogP contribution < -0.4 is 20.9 Å². The first-order valence-electron chi connectivity index (χ1n) is 9.88. The van der Waals surface area contributed by atoms with E-state index in [0.29, 0.717) is 5.01 Å². The van der Waals surface area contributed by atoms with Crippen molar-refractivity contribution in [2.75, 3.05) is 6.54 Å². The fourth-order valence-electron chi connectivity index (χ4n) is 3.20. The second-order valence-corrected chi connectivity index (χ2v) is 7.10. The molecular formula is C23H20N4O5. The standard InChI is InChI=1S/C23H20N4O5/c28-19-11-18(22(30)25-27-21(29)12-24-23(27)31)26(13-16-7-3-1-4-8-16)14-20(19)32-15-17-9-5-2-6-10-17/h1-11,14H,12-13,15H2,(H,24,31)(H,25,30). The third-order valence-electron chi connectivity index (χ3n) is 4.82. The van der Waals surface area contributed by atoms with E-state index in [1.807, 2.05) is 60.7 Å². The zero-order valence-corrected chi connectivity index (χ0v) is 17.0. The van der Waals surface area contributed by atoms with Crippen LogP contribution in [-0.4, -0.2) is 34.0 Å². The summed E-state index contributed by atoms with van der Waals surface area (Å²) in [6.07, 6.45) is 1.46. The van der Waals surface area contributed by atoms with Gasteiger partial charge in [-0.3, -0.25) is 19.8 Å². The van der Waals surface area contributed by atoms with Gasteiger partial charge in [-0.2, -0.15) is 5.01 Å². The molecule has 2 N–H and O–H groups in total. The van der Waals surface area contributed by atoms with Crippen LogP contribution in [-0.2, 0) is 17.9 Å². The van der Waals surface area contributed by atoms with Gasteiger partial charge >= 0.3 is 6.03 Å². The Labute approximate surface area is 183 Å². The van der Waals surface area contributed by atoms with Gasteiger partial charge in [0, 0.05) is 12.6 Å². The molecule has 1 aromatic heterocycles. The third kappa shape index (κ3) is 4.67. The van der Waals surface area contributed by atoms with Gasteiger partial charge in [0.2, 0.25) is 5.43 Å². The summed E-state index contributed by atoms with van der Waals surface area (Å²) in [5, 5.41) is 2.91. The molecule has 0 aliphatic carbocycles. The molecule has 2 aromatic carbocycles. The number of imide groups is 1. The lowest BCUT2D eigenvalue weighted by Gasteiger charge is -2.18. The Morgan fingerprint density at radius 1 is 0.969 bits per heavy atom. The van der Waals surface area contributed by atoms with Crippen LogP contribution in [0.1, 0.15) is 21.6 Å². The number of carbonyl (C=O) groups excluding carboxylic acids is 3. The third-order valence-corrected chi connectivity index (χ3v) is 4.82. The molecule has 162 valence electrons. The first kappa shape index (κ1) is 20.9. The van der Waals surface area contributed by atoms with E-state index in [2.05, 4.69) is 10.7 Å². The highest BCUT2D eigenvalue weighted by Gasteiger charge is 2.31. The smallest absolute Gasteiger partial charge is 0.343 e.